The average molecular weight is 212 g/mol. The summed E-state index contributed by atoms with van der Waals surface area (Å²) in [5.41, 5.74) is 7.62. The van der Waals surface area contributed by atoms with Crippen molar-refractivity contribution in [2.45, 2.75) is 0 Å². The van der Waals surface area contributed by atoms with Gasteiger partial charge in [-0.15, -0.1) is 10.2 Å². The van der Waals surface area contributed by atoms with E-state index < -0.39 is 0 Å². The SMILES string of the molecule is Nc1ccc(-c2nnc3cnccn23)nc1. The number of rotatable bonds is 1. The van der Waals surface area contributed by atoms with Gasteiger partial charge >= 0.3 is 0 Å². The first kappa shape index (κ1) is 8.78. The normalized spacial score (nSPS) is 10.8. The molecule has 3 aromatic rings. The van der Waals surface area contributed by atoms with Crippen molar-refractivity contribution in [3.63, 3.8) is 0 Å². The highest BCUT2D eigenvalue weighted by molar-refractivity contribution is 5.56. The monoisotopic (exact) mass is 212 g/mol. The molecule has 3 rings (SSSR count). The molecule has 0 bridgehead atoms. The van der Waals surface area contributed by atoms with E-state index >= 15 is 0 Å². The van der Waals surface area contributed by atoms with Crippen molar-refractivity contribution in [3.8, 4) is 11.5 Å². The fourth-order valence-electron chi connectivity index (χ4n) is 1.47. The molecule has 0 radical (unpaired) electrons. The van der Waals surface area contributed by atoms with E-state index in [9.17, 15) is 0 Å². The lowest BCUT2D eigenvalue weighted by Crippen LogP contribution is -1.93. The number of fused-ring (bicyclic) bond motifs is 1. The highest BCUT2D eigenvalue weighted by Crippen LogP contribution is 2.15. The largest absolute Gasteiger partial charge is 0.397 e. The number of hydrogen-bond acceptors (Lipinski definition) is 5. The van der Waals surface area contributed by atoms with Gasteiger partial charge in [-0.2, -0.15) is 0 Å². The summed E-state index contributed by atoms with van der Waals surface area (Å²) < 4.78 is 1.82. The number of nitrogens with two attached hydrogens (primary N) is 1. The number of aromatic nitrogens is 5. The number of nitrogens with zero attached hydrogens (tertiary/aromatic N) is 5. The minimum atomic E-state index is 0.624. The highest BCUT2D eigenvalue weighted by atomic mass is 15.3. The lowest BCUT2D eigenvalue weighted by Gasteiger charge is -1.98. The molecule has 6 nitrogen and oxygen atoms in total. The first-order chi connectivity index (χ1) is 7.84. The van der Waals surface area contributed by atoms with Crippen LogP contribution >= 0.6 is 0 Å². The lowest BCUT2D eigenvalue weighted by atomic mass is 10.3. The Morgan fingerprint density at radius 3 is 2.88 bits per heavy atom. The molecule has 0 spiro atoms. The summed E-state index contributed by atoms with van der Waals surface area (Å²) in [5, 5.41) is 8.06. The molecule has 0 saturated carbocycles. The van der Waals surface area contributed by atoms with Crippen molar-refractivity contribution in [2.24, 2.45) is 0 Å². The fourth-order valence-corrected chi connectivity index (χ4v) is 1.47. The molecule has 78 valence electrons. The molecule has 0 aliphatic rings. The molecular weight excluding hydrogens is 204 g/mol. The Bertz CT molecular complexity index is 627. The van der Waals surface area contributed by atoms with E-state index in [-0.39, 0.29) is 0 Å². The molecule has 0 aliphatic heterocycles. The number of nitrogen functional groups attached to an aromatic ring is 1. The van der Waals surface area contributed by atoms with E-state index in [2.05, 4.69) is 20.2 Å². The lowest BCUT2D eigenvalue weighted by molar-refractivity contribution is 1.09. The summed E-state index contributed by atoms with van der Waals surface area (Å²) in [7, 11) is 0. The van der Waals surface area contributed by atoms with Crippen molar-refractivity contribution in [2.75, 3.05) is 5.73 Å². The smallest absolute Gasteiger partial charge is 0.187 e. The van der Waals surface area contributed by atoms with Crippen molar-refractivity contribution in [3.05, 3.63) is 36.9 Å². The topological polar surface area (TPSA) is 82.0 Å². The van der Waals surface area contributed by atoms with E-state index in [1.54, 1.807) is 30.9 Å². The van der Waals surface area contributed by atoms with Gasteiger partial charge in [-0.25, -0.2) is 0 Å². The molecular formula is C10H8N6. The number of anilines is 1. The van der Waals surface area contributed by atoms with Gasteiger partial charge in [0.2, 0.25) is 0 Å². The van der Waals surface area contributed by atoms with E-state index in [0.29, 0.717) is 17.2 Å². The van der Waals surface area contributed by atoms with Crippen LogP contribution in [0.2, 0.25) is 0 Å². The van der Waals surface area contributed by atoms with Gasteiger partial charge in [-0.05, 0) is 12.1 Å². The molecule has 3 heterocycles. The van der Waals surface area contributed by atoms with Crippen LogP contribution in [0.5, 0.6) is 0 Å². The number of pyridine rings is 1. The van der Waals surface area contributed by atoms with Crippen LogP contribution < -0.4 is 5.73 Å². The van der Waals surface area contributed by atoms with Gasteiger partial charge in [0.1, 0.15) is 5.69 Å². The Kier molecular flexibility index (Phi) is 1.79. The summed E-state index contributed by atoms with van der Waals surface area (Å²) in [6, 6.07) is 3.59. The maximum atomic E-state index is 5.58. The van der Waals surface area contributed by atoms with Gasteiger partial charge in [0.25, 0.3) is 0 Å². The van der Waals surface area contributed by atoms with E-state index in [4.69, 9.17) is 5.73 Å². The Hall–Kier alpha value is -2.50. The fraction of sp³-hybridized carbons (Fsp3) is 0. The summed E-state index contributed by atoms with van der Waals surface area (Å²) in [4.78, 5) is 8.17. The third-order valence-electron chi connectivity index (χ3n) is 2.23. The van der Waals surface area contributed by atoms with Crippen LogP contribution in [0.1, 0.15) is 0 Å². The van der Waals surface area contributed by atoms with E-state index in [1.165, 1.54) is 0 Å². The van der Waals surface area contributed by atoms with Crippen molar-refractivity contribution < 1.29 is 0 Å². The molecule has 6 heteroatoms. The molecule has 3 aromatic heterocycles. The molecule has 16 heavy (non-hydrogen) atoms. The molecule has 0 aliphatic carbocycles. The van der Waals surface area contributed by atoms with Gasteiger partial charge < -0.3 is 5.73 Å². The zero-order chi connectivity index (χ0) is 11.0. The van der Waals surface area contributed by atoms with Crippen molar-refractivity contribution in [1.82, 2.24) is 24.6 Å². The van der Waals surface area contributed by atoms with Crippen LogP contribution in [-0.4, -0.2) is 24.6 Å². The predicted octanol–water partition coefficient (Wildman–Crippen LogP) is 0.768. The van der Waals surface area contributed by atoms with Gasteiger partial charge in [0.05, 0.1) is 18.1 Å². The van der Waals surface area contributed by atoms with Crippen LogP contribution in [0.3, 0.4) is 0 Å². The quantitative estimate of drug-likeness (QED) is 0.644. The summed E-state index contributed by atoms with van der Waals surface area (Å²) in [6.45, 7) is 0. The highest BCUT2D eigenvalue weighted by Gasteiger charge is 2.08. The Morgan fingerprint density at radius 1 is 1.12 bits per heavy atom. The summed E-state index contributed by atoms with van der Waals surface area (Å²) in [6.07, 6.45) is 6.71. The second kappa shape index (κ2) is 3.27. The second-order valence-corrected chi connectivity index (χ2v) is 3.30. The summed E-state index contributed by atoms with van der Waals surface area (Å²) in [5.74, 6) is 0.678. The number of hydrogen-bond donors (Lipinski definition) is 1. The standard InChI is InChI=1S/C10H8N6/c11-7-1-2-8(13-5-7)10-15-14-9-6-12-3-4-16(9)10/h1-6H,11H2. The Morgan fingerprint density at radius 2 is 2.06 bits per heavy atom. The zero-order valence-electron chi connectivity index (χ0n) is 8.28. The first-order valence-corrected chi connectivity index (χ1v) is 4.71. The predicted molar refractivity (Wildman–Crippen MR) is 58.4 cm³/mol. The molecule has 0 amide bonds. The Labute approximate surface area is 90.8 Å². The van der Waals surface area contributed by atoms with Crippen LogP contribution in [0.4, 0.5) is 5.69 Å². The van der Waals surface area contributed by atoms with Crippen LogP contribution in [0.15, 0.2) is 36.9 Å². The van der Waals surface area contributed by atoms with E-state index in [1.807, 2.05) is 10.5 Å². The minimum Gasteiger partial charge on any atom is -0.397 e. The molecule has 2 N–H and O–H groups in total. The Balaban J connectivity index is 2.22. The van der Waals surface area contributed by atoms with Crippen LogP contribution in [0.25, 0.3) is 17.2 Å². The molecule has 0 unspecified atom stereocenters. The van der Waals surface area contributed by atoms with Crippen LogP contribution in [-0.2, 0) is 0 Å². The zero-order valence-corrected chi connectivity index (χ0v) is 8.28. The molecule has 0 atom stereocenters. The van der Waals surface area contributed by atoms with Crippen molar-refractivity contribution >= 4 is 11.3 Å². The molecule has 0 aromatic carbocycles. The molecule has 0 fully saturated rings. The second-order valence-electron chi connectivity index (χ2n) is 3.30. The van der Waals surface area contributed by atoms with Gasteiger partial charge in [0.15, 0.2) is 11.5 Å². The van der Waals surface area contributed by atoms with E-state index in [0.717, 1.165) is 5.69 Å². The van der Waals surface area contributed by atoms with Gasteiger partial charge in [-0.1, -0.05) is 0 Å². The maximum absolute atomic E-state index is 5.58. The minimum absolute atomic E-state index is 0.624. The maximum Gasteiger partial charge on any atom is 0.187 e. The average Bonchev–Trinajstić information content (AvgIpc) is 2.74. The third-order valence-corrected chi connectivity index (χ3v) is 2.23. The van der Waals surface area contributed by atoms with Crippen LogP contribution in [0, 0.1) is 0 Å². The third kappa shape index (κ3) is 1.28. The van der Waals surface area contributed by atoms with Gasteiger partial charge in [-0.3, -0.25) is 14.4 Å². The first-order valence-electron chi connectivity index (χ1n) is 4.71. The summed E-state index contributed by atoms with van der Waals surface area (Å²) >= 11 is 0. The molecule has 0 saturated heterocycles. The van der Waals surface area contributed by atoms with Gasteiger partial charge in [0, 0.05) is 12.4 Å². The van der Waals surface area contributed by atoms with Crippen molar-refractivity contribution in [1.29, 1.82) is 0 Å².